The van der Waals surface area contributed by atoms with Gasteiger partial charge in [-0.05, 0) is 43.9 Å². The van der Waals surface area contributed by atoms with E-state index in [1.165, 1.54) is 11.3 Å². The zero-order chi connectivity index (χ0) is 10.7. The summed E-state index contributed by atoms with van der Waals surface area (Å²) in [4.78, 5) is 4.39. The van der Waals surface area contributed by atoms with E-state index in [4.69, 9.17) is 4.74 Å². The number of hydrogen-bond donors (Lipinski definition) is 0. The van der Waals surface area contributed by atoms with Gasteiger partial charge in [0.25, 0.3) is 0 Å². The molecule has 2 nitrogen and oxygen atoms in total. The Morgan fingerprint density at radius 1 is 1.40 bits per heavy atom. The fourth-order valence-corrected chi connectivity index (χ4v) is 1.96. The van der Waals surface area contributed by atoms with Crippen molar-refractivity contribution in [3.63, 3.8) is 0 Å². The van der Waals surface area contributed by atoms with E-state index in [-0.39, 0.29) is 0 Å². The van der Waals surface area contributed by atoms with Crippen LogP contribution in [-0.4, -0.2) is 12.8 Å². The normalized spacial score (nSPS) is 25.5. The molecule has 80 valence electrons. The van der Waals surface area contributed by atoms with Gasteiger partial charge >= 0.3 is 0 Å². The Balaban J connectivity index is 2.04. The minimum Gasteiger partial charge on any atom is -0.497 e. The van der Waals surface area contributed by atoms with Crippen molar-refractivity contribution in [1.82, 2.24) is 0 Å². The highest BCUT2D eigenvalue weighted by Crippen LogP contribution is 2.28. The van der Waals surface area contributed by atoms with Crippen LogP contribution < -0.4 is 0 Å². The van der Waals surface area contributed by atoms with Crippen molar-refractivity contribution in [2.24, 2.45) is 10.9 Å². The number of methoxy groups -OCH3 is 1. The Morgan fingerprint density at radius 2 is 2.27 bits per heavy atom. The Labute approximate surface area is 91.0 Å². The van der Waals surface area contributed by atoms with Crippen molar-refractivity contribution in [3.05, 3.63) is 35.8 Å². The Morgan fingerprint density at radius 3 is 2.80 bits per heavy atom. The maximum absolute atomic E-state index is 5.17. The molecular formula is C13H17NO. The molecule has 1 aliphatic carbocycles. The monoisotopic (exact) mass is 203 g/mol. The molecule has 0 aromatic rings. The van der Waals surface area contributed by atoms with E-state index in [2.05, 4.69) is 30.1 Å². The van der Waals surface area contributed by atoms with Crippen LogP contribution in [-0.2, 0) is 4.74 Å². The first-order valence-electron chi connectivity index (χ1n) is 5.44. The molecule has 1 heterocycles. The van der Waals surface area contributed by atoms with E-state index < -0.39 is 0 Å². The van der Waals surface area contributed by atoms with Gasteiger partial charge in [-0.2, -0.15) is 0 Å². The van der Waals surface area contributed by atoms with Gasteiger partial charge in [-0.15, -0.1) is 0 Å². The van der Waals surface area contributed by atoms with Crippen LogP contribution in [0, 0.1) is 5.92 Å². The van der Waals surface area contributed by atoms with Crippen molar-refractivity contribution in [1.29, 1.82) is 0 Å². The van der Waals surface area contributed by atoms with E-state index >= 15 is 0 Å². The van der Waals surface area contributed by atoms with Gasteiger partial charge in [0.2, 0.25) is 0 Å². The van der Waals surface area contributed by atoms with E-state index in [1.54, 1.807) is 7.11 Å². The molecule has 0 amide bonds. The topological polar surface area (TPSA) is 21.6 Å². The molecule has 2 heteroatoms. The Kier molecular flexibility index (Phi) is 3.05. The smallest absolute Gasteiger partial charge is 0.114 e. The number of hydrogen-bond acceptors (Lipinski definition) is 2. The molecule has 0 saturated heterocycles. The van der Waals surface area contributed by atoms with Gasteiger partial charge in [0, 0.05) is 17.8 Å². The van der Waals surface area contributed by atoms with Crippen LogP contribution in [0.15, 0.2) is 40.8 Å². The van der Waals surface area contributed by atoms with Crippen LogP contribution in [0.2, 0.25) is 0 Å². The summed E-state index contributed by atoms with van der Waals surface area (Å²) in [6.45, 7) is 2.09. The van der Waals surface area contributed by atoms with Crippen molar-refractivity contribution in [3.8, 4) is 0 Å². The van der Waals surface area contributed by atoms with Crippen LogP contribution in [0.25, 0.3) is 0 Å². The van der Waals surface area contributed by atoms with Crippen LogP contribution >= 0.6 is 0 Å². The Bertz CT molecular complexity index is 361. The van der Waals surface area contributed by atoms with E-state index in [1.807, 2.05) is 6.20 Å². The molecule has 0 radical (unpaired) electrons. The lowest BCUT2D eigenvalue weighted by Crippen LogP contribution is -2.08. The molecule has 1 aliphatic heterocycles. The zero-order valence-corrected chi connectivity index (χ0v) is 9.36. The van der Waals surface area contributed by atoms with Crippen LogP contribution in [0.5, 0.6) is 0 Å². The first-order chi connectivity index (χ1) is 7.29. The first kappa shape index (κ1) is 10.2. The lowest BCUT2D eigenvalue weighted by molar-refractivity contribution is 0.302. The van der Waals surface area contributed by atoms with E-state index in [0.717, 1.165) is 25.0 Å². The molecule has 0 bridgehead atoms. The third-order valence-corrected chi connectivity index (χ3v) is 3.00. The molecule has 0 spiro atoms. The predicted molar refractivity (Wildman–Crippen MR) is 62.8 cm³/mol. The first-order valence-corrected chi connectivity index (χ1v) is 5.44. The molecule has 1 unspecified atom stereocenters. The van der Waals surface area contributed by atoms with Gasteiger partial charge < -0.3 is 4.74 Å². The standard InChI is InChI=1S/C13H17NO/c1-10-3-4-12(9-14-10)11-5-7-13(15-2)8-6-11/h5,7-9,11H,3-4,6H2,1-2H3. The molecule has 1 atom stereocenters. The second-order valence-electron chi connectivity index (χ2n) is 4.08. The largest absolute Gasteiger partial charge is 0.497 e. The summed E-state index contributed by atoms with van der Waals surface area (Å²) in [6.07, 6.45) is 11.8. The van der Waals surface area contributed by atoms with E-state index in [0.29, 0.717) is 5.92 Å². The summed E-state index contributed by atoms with van der Waals surface area (Å²) >= 11 is 0. The van der Waals surface area contributed by atoms with Gasteiger partial charge in [-0.25, -0.2) is 0 Å². The fraction of sp³-hybridized carbons (Fsp3) is 0.462. The molecular weight excluding hydrogens is 186 g/mol. The molecule has 0 aromatic heterocycles. The number of allylic oxidation sites excluding steroid dienone is 4. The number of aliphatic imine (C=N–C) groups is 1. The molecule has 0 aromatic carbocycles. The summed E-state index contributed by atoms with van der Waals surface area (Å²) in [7, 11) is 1.71. The van der Waals surface area contributed by atoms with Gasteiger partial charge in [0.1, 0.15) is 5.76 Å². The van der Waals surface area contributed by atoms with Crippen molar-refractivity contribution in [2.45, 2.75) is 26.2 Å². The second kappa shape index (κ2) is 4.47. The van der Waals surface area contributed by atoms with Crippen molar-refractivity contribution in [2.75, 3.05) is 7.11 Å². The zero-order valence-electron chi connectivity index (χ0n) is 9.36. The average Bonchev–Trinajstić information content (AvgIpc) is 2.30. The quantitative estimate of drug-likeness (QED) is 0.675. The fourth-order valence-electron chi connectivity index (χ4n) is 1.96. The maximum atomic E-state index is 5.17. The molecule has 2 aliphatic rings. The van der Waals surface area contributed by atoms with Crippen molar-refractivity contribution < 1.29 is 4.74 Å². The highest BCUT2D eigenvalue weighted by Gasteiger charge is 2.15. The maximum Gasteiger partial charge on any atom is 0.114 e. The average molecular weight is 203 g/mol. The predicted octanol–water partition coefficient (Wildman–Crippen LogP) is 3.23. The van der Waals surface area contributed by atoms with Crippen molar-refractivity contribution >= 4 is 5.71 Å². The molecule has 0 fully saturated rings. The highest BCUT2D eigenvalue weighted by atomic mass is 16.5. The van der Waals surface area contributed by atoms with Gasteiger partial charge in [0.15, 0.2) is 0 Å². The highest BCUT2D eigenvalue weighted by molar-refractivity contribution is 5.83. The van der Waals surface area contributed by atoms with Crippen LogP contribution in [0.4, 0.5) is 0 Å². The lowest BCUT2D eigenvalue weighted by Gasteiger charge is -2.20. The molecule has 0 N–H and O–H groups in total. The molecule has 0 saturated carbocycles. The van der Waals surface area contributed by atoms with Crippen LogP contribution in [0.1, 0.15) is 26.2 Å². The summed E-state index contributed by atoms with van der Waals surface area (Å²) in [5.74, 6) is 1.50. The van der Waals surface area contributed by atoms with Gasteiger partial charge in [0.05, 0.1) is 7.11 Å². The number of nitrogens with zero attached hydrogens (tertiary/aromatic N) is 1. The summed E-state index contributed by atoms with van der Waals surface area (Å²) in [5, 5.41) is 0. The summed E-state index contributed by atoms with van der Waals surface area (Å²) in [6, 6.07) is 0. The Hall–Kier alpha value is -1.31. The minimum atomic E-state index is 0.528. The lowest BCUT2D eigenvalue weighted by atomic mass is 9.88. The number of ether oxygens (including phenoxy) is 1. The molecule has 2 rings (SSSR count). The molecule has 15 heavy (non-hydrogen) atoms. The van der Waals surface area contributed by atoms with Crippen LogP contribution in [0.3, 0.4) is 0 Å². The third-order valence-electron chi connectivity index (χ3n) is 3.00. The van der Waals surface area contributed by atoms with E-state index in [9.17, 15) is 0 Å². The summed E-state index contributed by atoms with van der Waals surface area (Å²) < 4.78 is 5.17. The SMILES string of the molecule is COC1=CCC(C2=CN=C(C)CC2)C=C1. The van der Waals surface area contributed by atoms with Gasteiger partial charge in [-0.1, -0.05) is 6.08 Å². The minimum absolute atomic E-state index is 0.528. The van der Waals surface area contributed by atoms with Gasteiger partial charge in [-0.3, -0.25) is 4.99 Å². The third kappa shape index (κ3) is 2.38. The number of rotatable bonds is 2. The summed E-state index contributed by atoms with van der Waals surface area (Å²) in [5.41, 5.74) is 2.69. The second-order valence-corrected chi connectivity index (χ2v) is 4.08.